The van der Waals surface area contributed by atoms with Gasteiger partial charge in [-0.15, -0.1) is 0 Å². The van der Waals surface area contributed by atoms with Crippen LogP contribution < -0.4 is 0 Å². The van der Waals surface area contributed by atoms with E-state index in [0.29, 0.717) is 99.1 Å². The largest absolute Gasteiger partial charge is 0.476 e. The molecule has 1 N–H and O–H groups in total. The Morgan fingerprint density at radius 1 is 0.425 bits per heavy atom. The maximum Gasteiger partial charge on any atom is 0.372 e. The SMILES string of the molecule is CC(=O)OCCOCCOCCOCCOCCOCCOCCOCCOCCOC(=O)CCC(=O)C(=O)O. The predicted octanol–water partition coefficient (Wildman–Crippen LogP) is -0.341. The summed E-state index contributed by atoms with van der Waals surface area (Å²) in [5, 5.41) is 8.42. The number of rotatable bonds is 31. The van der Waals surface area contributed by atoms with Crippen molar-refractivity contribution in [3.05, 3.63) is 0 Å². The molecule has 0 unspecified atom stereocenters. The molecule has 0 bridgehead atoms. The third-order valence-corrected chi connectivity index (χ3v) is 4.42. The Morgan fingerprint density at radius 3 is 0.975 bits per heavy atom. The molecule has 0 saturated carbocycles. The molecule has 0 aromatic heterocycles. The van der Waals surface area contributed by atoms with Crippen LogP contribution in [-0.2, 0) is 66.5 Å². The van der Waals surface area contributed by atoms with E-state index in [1.54, 1.807) is 0 Å². The lowest BCUT2D eigenvalue weighted by atomic mass is 10.2. The van der Waals surface area contributed by atoms with Gasteiger partial charge in [0.05, 0.1) is 112 Å². The zero-order valence-corrected chi connectivity index (χ0v) is 23.3. The Kier molecular flexibility index (Phi) is 28.1. The first-order valence-electron chi connectivity index (χ1n) is 13.1. The molecule has 0 aliphatic heterocycles. The second-order valence-corrected chi connectivity index (χ2v) is 7.69. The number of carboxylic acids is 1. The highest BCUT2D eigenvalue weighted by Gasteiger charge is 2.14. The lowest BCUT2D eigenvalue weighted by molar-refractivity contribution is -0.151. The number of hydrogen-bond donors (Lipinski definition) is 1. The molecular weight excluding hydrogens is 540 g/mol. The van der Waals surface area contributed by atoms with E-state index in [9.17, 15) is 19.2 Å². The average Bonchev–Trinajstić information content (AvgIpc) is 2.92. The lowest BCUT2D eigenvalue weighted by Crippen LogP contribution is -2.17. The van der Waals surface area contributed by atoms with Crippen molar-refractivity contribution in [3.8, 4) is 0 Å². The average molecular weight is 585 g/mol. The first-order chi connectivity index (χ1) is 19.4. The van der Waals surface area contributed by atoms with E-state index in [-0.39, 0.29) is 38.6 Å². The molecule has 0 heterocycles. The molecule has 0 aromatic rings. The van der Waals surface area contributed by atoms with Crippen molar-refractivity contribution in [1.82, 2.24) is 0 Å². The minimum atomic E-state index is -1.57. The normalized spacial score (nSPS) is 10.9. The summed E-state index contributed by atoms with van der Waals surface area (Å²) in [6, 6.07) is 0. The van der Waals surface area contributed by atoms with Crippen molar-refractivity contribution in [1.29, 1.82) is 0 Å². The van der Waals surface area contributed by atoms with Gasteiger partial charge >= 0.3 is 17.9 Å². The maximum absolute atomic E-state index is 11.3. The van der Waals surface area contributed by atoms with Gasteiger partial charge in [0.2, 0.25) is 5.78 Å². The molecule has 0 aliphatic rings. The van der Waals surface area contributed by atoms with Gasteiger partial charge in [0.25, 0.3) is 0 Å². The predicted molar refractivity (Wildman–Crippen MR) is 136 cm³/mol. The quantitative estimate of drug-likeness (QED) is 0.0634. The monoisotopic (exact) mass is 584 g/mol. The van der Waals surface area contributed by atoms with Gasteiger partial charge in [0.1, 0.15) is 13.2 Å². The number of Topliss-reactive ketones (excluding diaryl/α,β-unsaturated/α-hetero) is 1. The van der Waals surface area contributed by atoms with Gasteiger partial charge in [-0.2, -0.15) is 0 Å². The number of aliphatic carboxylic acids is 1. The fourth-order valence-corrected chi connectivity index (χ4v) is 2.49. The van der Waals surface area contributed by atoms with Crippen LogP contribution >= 0.6 is 0 Å². The molecule has 15 heteroatoms. The van der Waals surface area contributed by atoms with Crippen molar-refractivity contribution < 1.29 is 71.7 Å². The van der Waals surface area contributed by atoms with Gasteiger partial charge in [-0.3, -0.25) is 14.4 Å². The zero-order valence-electron chi connectivity index (χ0n) is 23.3. The summed E-state index contributed by atoms with van der Waals surface area (Å²) < 4.78 is 52.3. The zero-order chi connectivity index (χ0) is 29.5. The Bertz CT molecular complexity index is 644. The minimum absolute atomic E-state index is 0.0117. The second-order valence-electron chi connectivity index (χ2n) is 7.69. The molecule has 15 nitrogen and oxygen atoms in total. The molecule has 0 saturated heterocycles. The standard InChI is InChI=1S/C25H44O15/c1-22(26)39-20-18-37-16-14-35-12-10-33-8-6-31-4-5-32-7-9-34-11-13-36-15-17-38-19-21-40-24(28)3-2-23(27)25(29)30/h2-21H2,1H3,(H,29,30). The highest BCUT2D eigenvalue weighted by atomic mass is 16.6. The topological polar surface area (TPSA) is 181 Å². The van der Waals surface area contributed by atoms with Crippen LogP contribution in [0.15, 0.2) is 0 Å². The Balaban J connectivity index is 3.14. The van der Waals surface area contributed by atoms with Crippen LogP contribution in [0.2, 0.25) is 0 Å². The van der Waals surface area contributed by atoms with Crippen LogP contribution in [0.25, 0.3) is 0 Å². The smallest absolute Gasteiger partial charge is 0.372 e. The van der Waals surface area contributed by atoms with Crippen molar-refractivity contribution >= 4 is 23.7 Å². The summed E-state index contributed by atoms with van der Waals surface area (Å²) in [6.07, 6.45) is -0.663. The fourth-order valence-electron chi connectivity index (χ4n) is 2.49. The van der Waals surface area contributed by atoms with E-state index in [1.807, 2.05) is 0 Å². The van der Waals surface area contributed by atoms with E-state index in [0.717, 1.165) is 0 Å². The Labute approximate surface area is 234 Å². The fraction of sp³-hybridized carbons (Fsp3) is 0.840. The summed E-state index contributed by atoms with van der Waals surface area (Å²) in [7, 11) is 0. The summed E-state index contributed by atoms with van der Waals surface area (Å²) in [5.74, 6) is -3.57. The van der Waals surface area contributed by atoms with E-state index in [1.165, 1.54) is 6.92 Å². The first kappa shape index (κ1) is 37.8. The Morgan fingerprint density at radius 2 is 0.700 bits per heavy atom. The third-order valence-electron chi connectivity index (χ3n) is 4.42. The molecule has 0 rings (SSSR count). The molecule has 0 spiro atoms. The van der Waals surface area contributed by atoms with Crippen LogP contribution in [0.3, 0.4) is 0 Å². The third kappa shape index (κ3) is 30.3. The molecule has 0 aliphatic carbocycles. The summed E-state index contributed by atoms with van der Waals surface area (Å²) in [4.78, 5) is 43.1. The number of esters is 2. The number of hydrogen-bond acceptors (Lipinski definition) is 14. The van der Waals surface area contributed by atoms with E-state index >= 15 is 0 Å². The van der Waals surface area contributed by atoms with Crippen LogP contribution in [0, 0.1) is 0 Å². The van der Waals surface area contributed by atoms with Crippen molar-refractivity contribution in [2.75, 3.05) is 119 Å². The van der Waals surface area contributed by atoms with Gasteiger partial charge < -0.3 is 52.5 Å². The van der Waals surface area contributed by atoms with Crippen LogP contribution in [0.5, 0.6) is 0 Å². The number of carbonyl (C=O) groups excluding carboxylic acids is 3. The summed E-state index contributed by atoms with van der Waals surface area (Å²) in [6.45, 7) is 8.09. The second kappa shape index (κ2) is 29.7. The van der Waals surface area contributed by atoms with Gasteiger partial charge in [0, 0.05) is 13.3 Å². The number of ketones is 1. The molecular formula is C25H44O15. The summed E-state index contributed by atoms with van der Waals surface area (Å²) in [5.41, 5.74) is 0. The highest BCUT2D eigenvalue weighted by Crippen LogP contribution is 1.95. The van der Waals surface area contributed by atoms with E-state index in [4.69, 9.17) is 52.5 Å². The molecule has 40 heavy (non-hydrogen) atoms. The number of carbonyl (C=O) groups is 4. The molecule has 0 aromatic carbocycles. The van der Waals surface area contributed by atoms with Crippen molar-refractivity contribution in [2.24, 2.45) is 0 Å². The van der Waals surface area contributed by atoms with Crippen molar-refractivity contribution in [2.45, 2.75) is 19.8 Å². The number of ether oxygens (including phenoxy) is 10. The van der Waals surface area contributed by atoms with Gasteiger partial charge in [0.15, 0.2) is 0 Å². The van der Waals surface area contributed by atoms with Crippen LogP contribution in [-0.4, -0.2) is 148 Å². The molecule has 0 radical (unpaired) electrons. The molecule has 0 atom stereocenters. The van der Waals surface area contributed by atoms with Crippen LogP contribution in [0.1, 0.15) is 19.8 Å². The van der Waals surface area contributed by atoms with Gasteiger partial charge in [-0.25, -0.2) is 4.79 Å². The minimum Gasteiger partial charge on any atom is -0.476 e. The van der Waals surface area contributed by atoms with E-state index in [2.05, 4.69) is 0 Å². The number of carboxylic acid groups (broad SMARTS) is 1. The van der Waals surface area contributed by atoms with Gasteiger partial charge in [-0.05, 0) is 0 Å². The van der Waals surface area contributed by atoms with Crippen molar-refractivity contribution in [3.63, 3.8) is 0 Å². The highest BCUT2D eigenvalue weighted by molar-refractivity contribution is 6.32. The molecule has 0 amide bonds. The summed E-state index contributed by atoms with van der Waals surface area (Å²) >= 11 is 0. The molecule has 234 valence electrons. The maximum atomic E-state index is 11.3. The Hall–Kier alpha value is -2.24. The lowest BCUT2D eigenvalue weighted by Gasteiger charge is -2.09. The van der Waals surface area contributed by atoms with Gasteiger partial charge in [-0.1, -0.05) is 0 Å². The van der Waals surface area contributed by atoms with Crippen LogP contribution in [0.4, 0.5) is 0 Å². The first-order valence-corrected chi connectivity index (χ1v) is 13.1. The molecule has 0 fully saturated rings. The van der Waals surface area contributed by atoms with E-state index < -0.39 is 17.7 Å².